The Balaban J connectivity index is 1.48. The van der Waals surface area contributed by atoms with E-state index in [9.17, 15) is 14.4 Å². The molecule has 2 saturated heterocycles. The molecule has 2 heterocycles. The Morgan fingerprint density at radius 2 is 1.80 bits per heavy atom. The molecule has 0 atom stereocenters. The number of carbonyl (C=O) groups is 3. The van der Waals surface area contributed by atoms with Gasteiger partial charge in [0.1, 0.15) is 0 Å². The predicted molar refractivity (Wildman–Crippen MR) is 139 cm³/mol. The van der Waals surface area contributed by atoms with Gasteiger partial charge in [0.05, 0.1) is 11.3 Å². The molecule has 0 unspecified atom stereocenters. The lowest BCUT2D eigenvalue weighted by atomic mass is 10.0. The second-order valence-electron chi connectivity index (χ2n) is 9.48. The number of benzene rings is 2. The second kappa shape index (κ2) is 11.5. The monoisotopic (exact) mass is 476 g/mol. The third-order valence-electron chi connectivity index (χ3n) is 6.94. The molecule has 0 aromatic heterocycles. The van der Waals surface area contributed by atoms with Gasteiger partial charge in [-0.1, -0.05) is 26.0 Å². The van der Waals surface area contributed by atoms with Crippen LogP contribution >= 0.6 is 0 Å². The summed E-state index contributed by atoms with van der Waals surface area (Å²) in [5, 5.41) is 6.13. The van der Waals surface area contributed by atoms with Crippen LogP contribution in [0.25, 0.3) is 0 Å². The van der Waals surface area contributed by atoms with Crippen molar-refractivity contribution in [3.8, 4) is 0 Å². The number of nitrogens with zero attached hydrogens (tertiary/aromatic N) is 2. The van der Waals surface area contributed by atoms with Crippen molar-refractivity contribution in [2.24, 2.45) is 0 Å². The fourth-order valence-electron chi connectivity index (χ4n) is 4.92. The summed E-state index contributed by atoms with van der Waals surface area (Å²) in [5.41, 5.74) is 3.21. The maximum absolute atomic E-state index is 13.3. The fourth-order valence-corrected chi connectivity index (χ4v) is 4.92. The summed E-state index contributed by atoms with van der Waals surface area (Å²) in [7, 11) is 0. The Hall–Kier alpha value is -3.19. The Bertz CT molecular complexity index is 1080. The molecule has 0 saturated carbocycles. The molecule has 4 rings (SSSR count). The van der Waals surface area contributed by atoms with Gasteiger partial charge in [0.2, 0.25) is 5.91 Å². The van der Waals surface area contributed by atoms with Crippen LogP contribution in [0.1, 0.15) is 72.2 Å². The number of nitrogens with one attached hydrogen (secondary N) is 2. The van der Waals surface area contributed by atoms with Gasteiger partial charge in [-0.05, 0) is 74.5 Å². The molecule has 2 aromatic carbocycles. The summed E-state index contributed by atoms with van der Waals surface area (Å²) in [4.78, 5) is 42.7. The minimum atomic E-state index is -0.301. The maximum Gasteiger partial charge on any atom is 0.255 e. The normalized spacial score (nSPS) is 17.0. The summed E-state index contributed by atoms with van der Waals surface area (Å²) in [6, 6.07) is 12.9. The number of hydrogen-bond acceptors (Lipinski definition) is 4. The molecule has 0 spiro atoms. The topological polar surface area (TPSA) is 81.8 Å². The van der Waals surface area contributed by atoms with Gasteiger partial charge < -0.3 is 20.4 Å². The molecule has 0 aliphatic carbocycles. The quantitative estimate of drug-likeness (QED) is 0.597. The molecule has 3 amide bonds. The van der Waals surface area contributed by atoms with E-state index in [0.29, 0.717) is 29.8 Å². The molecule has 2 fully saturated rings. The minimum absolute atomic E-state index is 0.0807. The highest BCUT2D eigenvalue weighted by molar-refractivity contribution is 6.09. The molecule has 35 heavy (non-hydrogen) atoms. The molecule has 2 aliphatic heterocycles. The zero-order valence-electron chi connectivity index (χ0n) is 20.8. The van der Waals surface area contributed by atoms with Crippen LogP contribution < -0.4 is 15.5 Å². The van der Waals surface area contributed by atoms with Gasteiger partial charge in [0.25, 0.3) is 11.8 Å². The first-order chi connectivity index (χ1) is 17.0. The molecule has 2 aliphatic rings. The van der Waals surface area contributed by atoms with Gasteiger partial charge in [-0.2, -0.15) is 0 Å². The molecule has 2 aromatic rings. The average Bonchev–Trinajstić information content (AvgIpc) is 3.31. The molecular formula is C28H36N4O3. The van der Waals surface area contributed by atoms with Crippen molar-refractivity contribution in [3.63, 3.8) is 0 Å². The standard InChI is InChI=1S/C28H36N4O3/c1-3-14-31-16-12-22(13-17-31)29-28(35)24-18-20(4-2)10-11-25(24)30-27(34)21-7-5-8-23(19-21)32-15-6-9-26(32)33/h5,7-8,10-11,18-19,22H,3-4,6,9,12-17H2,1-2H3,(H,29,35)(H,30,34). The lowest BCUT2D eigenvalue weighted by molar-refractivity contribution is -0.117. The zero-order valence-corrected chi connectivity index (χ0v) is 20.8. The number of likely N-dealkylation sites (tertiary alicyclic amines) is 1. The van der Waals surface area contributed by atoms with Crippen LogP contribution in [-0.4, -0.2) is 54.8 Å². The van der Waals surface area contributed by atoms with Crippen molar-refractivity contribution in [2.45, 2.75) is 58.4 Å². The van der Waals surface area contributed by atoms with Crippen LogP contribution in [0.4, 0.5) is 11.4 Å². The van der Waals surface area contributed by atoms with Crippen LogP contribution in [0.2, 0.25) is 0 Å². The van der Waals surface area contributed by atoms with E-state index < -0.39 is 0 Å². The predicted octanol–water partition coefficient (Wildman–Crippen LogP) is 4.23. The second-order valence-corrected chi connectivity index (χ2v) is 9.48. The first kappa shape index (κ1) is 24.9. The highest BCUT2D eigenvalue weighted by atomic mass is 16.2. The highest BCUT2D eigenvalue weighted by Crippen LogP contribution is 2.24. The smallest absolute Gasteiger partial charge is 0.255 e. The van der Waals surface area contributed by atoms with E-state index in [-0.39, 0.29) is 23.8 Å². The Kier molecular flexibility index (Phi) is 8.18. The van der Waals surface area contributed by atoms with E-state index in [1.54, 1.807) is 23.1 Å². The van der Waals surface area contributed by atoms with E-state index in [1.165, 1.54) is 0 Å². The van der Waals surface area contributed by atoms with Gasteiger partial charge in [-0.25, -0.2) is 0 Å². The summed E-state index contributed by atoms with van der Waals surface area (Å²) in [6.45, 7) is 7.99. The SMILES string of the molecule is CCCN1CCC(NC(=O)c2cc(CC)ccc2NC(=O)c2cccc(N3CCCC3=O)c2)CC1. The molecule has 186 valence electrons. The Morgan fingerprint density at radius 1 is 1.00 bits per heavy atom. The van der Waals surface area contributed by atoms with Gasteiger partial charge in [0, 0.05) is 43.3 Å². The number of hydrogen-bond donors (Lipinski definition) is 2. The number of anilines is 2. The summed E-state index contributed by atoms with van der Waals surface area (Å²) >= 11 is 0. The molecular weight excluding hydrogens is 440 g/mol. The first-order valence-corrected chi connectivity index (χ1v) is 12.9. The van der Waals surface area contributed by atoms with E-state index in [0.717, 1.165) is 63.0 Å². The number of piperidine rings is 1. The van der Waals surface area contributed by atoms with E-state index in [1.807, 2.05) is 31.2 Å². The Morgan fingerprint density at radius 3 is 2.49 bits per heavy atom. The lowest BCUT2D eigenvalue weighted by Crippen LogP contribution is -2.44. The molecule has 7 heteroatoms. The van der Waals surface area contributed by atoms with E-state index in [4.69, 9.17) is 0 Å². The molecule has 0 radical (unpaired) electrons. The molecule has 0 bridgehead atoms. The van der Waals surface area contributed by atoms with Gasteiger partial charge in [0.15, 0.2) is 0 Å². The van der Waals surface area contributed by atoms with Crippen molar-refractivity contribution in [2.75, 3.05) is 36.4 Å². The van der Waals surface area contributed by atoms with E-state index >= 15 is 0 Å². The summed E-state index contributed by atoms with van der Waals surface area (Å²) in [5.74, 6) is -0.372. The van der Waals surface area contributed by atoms with Crippen molar-refractivity contribution < 1.29 is 14.4 Å². The number of amides is 3. The van der Waals surface area contributed by atoms with Crippen molar-refractivity contribution in [1.82, 2.24) is 10.2 Å². The minimum Gasteiger partial charge on any atom is -0.349 e. The lowest BCUT2D eigenvalue weighted by Gasteiger charge is -2.32. The van der Waals surface area contributed by atoms with Gasteiger partial charge >= 0.3 is 0 Å². The number of carbonyl (C=O) groups excluding carboxylic acids is 3. The van der Waals surface area contributed by atoms with Crippen LogP contribution in [0.3, 0.4) is 0 Å². The van der Waals surface area contributed by atoms with Crippen LogP contribution in [-0.2, 0) is 11.2 Å². The molecule has 7 nitrogen and oxygen atoms in total. The van der Waals surface area contributed by atoms with E-state index in [2.05, 4.69) is 22.5 Å². The largest absolute Gasteiger partial charge is 0.349 e. The number of rotatable bonds is 8. The highest BCUT2D eigenvalue weighted by Gasteiger charge is 2.24. The Labute approximate surface area is 207 Å². The average molecular weight is 477 g/mol. The summed E-state index contributed by atoms with van der Waals surface area (Å²) in [6.07, 6.45) is 5.17. The fraction of sp³-hybridized carbons (Fsp3) is 0.464. The maximum atomic E-state index is 13.3. The zero-order chi connectivity index (χ0) is 24.8. The van der Waals surface area contributed by atoms with Gasteiger partial charge in [-0.15, -0.1) is 0 Å². The third kappa shape index (κ3) is 6.09. The van der Waals surface area contributed by atoms with Crippen molar-refractivity contribution >= 4 is 29.1 Å². The third-order valence-corrected chi connectivity index (χ3v) is 6.94. The van der Waals surface area contributed by atoms with Crippen molar-refractivity contribution in [1.29, 1.82) is 0 Å². The van der Waals surface area contributed by atoms with Crippen molar-refractivity contribution in [3.05, 3.63) is 59.2 Å². The van der Waals surface area contributed by atoms with Crippen LogP contribution in [0.15, 0.2) is 42.5 Å². The number of aryl methyl sites for hydroxylation is 1. The first-order valence-electron chi connectivity index (χ1n) is 12.9. The molecule has 2 N–H and O–H groups in total. The van der Waals surface area contributed by atoms with Gasteiger partial charge in [-0.3, -0.25) is 14.4 Å². The van der Waals surface area contributed by atoms with Crippen LogP contribution in [0, 0.1) is 0 Å². The summed E-state index contributed by atoms with van der Waals surface area (Å²) < 4.78 is 0. The van der Waals surface area contributed by atoms with Crippen LogP contribution in [0.5, 0.6) is 0 Å².